The van der Waals surface area contributed by atoms with Crippen LogP contribution in [0.3, 0.4) is 0 Å². The van der Waals surface area contributed by atoms with Crippen molar-refractivity contribution < 1.29 is 9.13 Å². The maximum absolute atomic E-state index is 12.0. The molecule has 23 heavy (non-hydrogen) atoms. The quantitative estimate of drug-likeness (QED) is 0.702. The van der Waals surface area contributed by atoms with Crippen LogP contribution in [0.2, 0.25) is 0 Å². The molecule has 0 aliphatic carbocycles. The van der Waals surface area contributed by atoms with Crippen LogP contribution in [0.25, 0.3) is 17.8 Å². The van der Waals surface area contributed by atoms with Crippen molar-refractivity contribution in [1.29, 1.82) is 0 Å². The predicted molar refractivity (Wildman–Crippen MR) is 86.0 cm³/mol. The molecule has 0 radical (unpaired) electrons. The summed E-state index contributed by atoms with van der Waals surface area (Å²) in [6.45, 7) is -0.492. The highest BCUT2D eigenvalue weighted by molar-refractivity contribution is 5.69. The molecular weight excluding hydrogens is 294 g/mol. The van der Waals surface area contributed by atoms with E-state index in [0.717, 1.165) is 16.8 Å². The van der Waals surface area contributed by atoms with Crippen LogP contribution in [-0.2, 0) is 0 Å². The van der Waals surface area contributed by atoms with Crippen molar-refractivity contribution in [2.24, 2.45) is 0 Å². The van der Waals surface area contributed by atoms with E-state index in [2.05, 4.69) is 15.3 Å². The summed E-state index contributed by atoms with van der Waals surface area (Å²) in [7, 11) is 0. The van der Waals surface area contributed by atoms with E-state index in [1.807, 2.05) is 42.5 Å². The van der Waals surface area contributed by atoms with E-state index in [1.54, 1.807) is 29.3 Å². The van der Waals surface area contributed by atoms with Gasteiger partial charge in [-0.25, -0.2) is 14.1 Å². The zero-order valence-electron chi connectivity index (χ0n) is 12.3. The van der Waals surface area contributed by atoms with Crippen molar-refractivity contribution in [2.75, 3.05) is 13.3 Å². The Morgan fingerprint density at radius 2 is 1.83 bits per heavy atom. The molecule has 0 bridgehead atoms. The first-order valence-electron chi connectivity index (χ1n) is 7.15. The van der Waals surface area contributed by atoms with Gasteiger partial charge in [0.25, 0.3) is 0 Å². The molecule has 6 heteroatoms. The summed E-state index contributed by atoms with van der Waals surface area (Å²) in [4.78, 5) is 4.12. The van der Waals surface area contributed by atoms with Gasteiger partial charge in [-0.05, 0) is 29.3 Å². The molecule has 0 aliphatic rings. The molecule has 3 aromatic rings. The molecule has 2 heterocycles. The topological polar surface area (TPSA) is 52.8 Å². The van der Waals surface area contributed by atoms with Gasteiger partial charge in [0.15, 0.2) is 0 Å². The zero-order chi connectivity index (χ0) is 15.9. The van der Waals surface area contributed by atoms with Gasteiger partial charge in [0.2, 0.25) is 5.88 Å². The maximum atomic E-state index is 12.0. The summed E-state index contributed by atoms with van der Waals surface area (Å²) in [5.41, 5.74) is 2.96. The molecular formula is C17H15FN4O. The van der Waals surface area contributed by atoms with E-state index in [1.165, 1.54) is 0 Å². The molecule has 0 saturated carbocycles. The average Bonchev–Trinajstić information content (AvgIpc) is 3.14. The molecule has 0 spiro atoms. The molecule has 3 rings (SSSR count). The van der Waals surface area contributed by atoms with Gasteiger partial charge in [0.1, 0.15) is 13.3 Å². The van der Waals surface area contributed by atoms with Gasteiger partial charge in [-0.1, -0.05) is 29.5 Å². The Bertz CT molecular complexity index is 752. The summed E-state index contributed by atoms with van der Waals surface area (Å²) < 4.78 is 18.8. The van der Waals surface area contributed by atoms with Crippen molar-refractivity contribution >= 4 is 12.2 Å². The van der Waals surface area contributed by atoms with Crippen molar-refractivity contribution in [1.82, 2.24) is 20.0 Å². The van der Waals surface area contributed by atoms with E-state index in [9.17, 15) is 4.39 Å². The number of hydrogen-bond donors (Lipinski definition) is 0. The molecule has 0 N–H and O–H groups in total. The first-order valence-corrected chi connectivity index (χ1v) is 7.15. The van der Waals surface area contributed by atoms with Gasteiger partial charge >= 0.3 is 0 Å². The molecule has 1 aromatic carbocycles. The van der Waals surface area contributed by atoms with Gasteiger partial charge in [-0.3, -0.25) is 0 Å². The lowest BCUT2D eigenvalue weighted by molar-refractivity contribution is 0.264. The van der Waals surface area contributed by atoms with Gasteiger partial charge in [0.05, 0.1) is 18.1 Å². The lowest BCUT2D eigenvalue weighted by Gasteiger charge is -2.02. The summed E-state index contributed by atoms with van der Waals surface area (Å²) >= 11 is 0. The van der Waals surface area contributed by atoms with Crippen LogP contribution >= 0.6 is 0 Å². The largest absolute Gasteiger partial charge is 0.475 e. The highest BCUT2D eigenvalue weighted by atomic mass is 18.2. The van der Waals surface area contributed by atoms with E-state index in [-0.39, 0.29) is 6.61 Å². The van der Waals surface area contributed by atoms with Gasteiger partial charge in [0, 0.05) is 12.3 Å². The molecule has 2 aromatic heterocycles. The van der Waals surface area contributed by atoms with Crippen molar-refractivity contribution in [3.8, 4) is 11.6 Å². The summed E-state index contributed by atoms with van der Waals surface area (Å²) in [5, 5.41) is 7.73. The number of ether oxygens (including phenoxy) is 1. The van der Waals surface area contributed by atoms with Crippen LogP contribution in [0.4, 0.5) is 4.39 Å². The average molecular weight is 309 g/mol. The Kier molecular flexibility index (Phi) is 4.73. The summed E-state index contributed by atoms with van der Waals surface area (Å²) in [6, 6.07) is 11.5. The van der Waals surface area contributed by atoms with E-state index in [4.69, 9.17) is 4.74 Å². The van der Waals surface area contributed by atoms with Gasteiger partial charge in [-0.2, -0.15) is 0 Å². The number of halogens is 1. The van der Waals surface area contributed by atoms with Crippen LogP contribution in [0.1, 0.15) is 11.1 Å². The number of alkyl halides is 1. The normalized spacial score (nSPS) is 11.0. The Hall–Kier alpha value is -3.02. The smallest absolute Gasteiger partial charge is 0.213 e. The SMILES string of the molecule is [18F]CCOc1ccc(/C=C/c2ccc(-n3ccnn3)cc2)cn1. The van der Waals surface area contributed by atoms with E-state index < -0.39 is 6.67 Å². The molecule has 0 atom stereocenters. The standard InChI is InChI=1S/C17H15FN4O/c18-9-12-23-17-8-5-15(13-19-17)2-1-14-3-6-16(7-4-14)22-11-10-20-21-22/h1-8,10-11,13H,9,12H2/b2-1+/i18-1. The highest BCUT2D eigenvalue weighted by Crippen LogP contribution is 2.13. The van der Waals surface area contributed by atoms with E-state index in [0.29, 0.717) is 5.88 Å². The van der Waals surface area contributed by atoms with E-state index >= 15 is 0 Å². The minimum Gasteiger partial charge on any atom is -0.475 e. The first-order chi connectivity index (χ1) is 11.3. The number of pyridine rings is 1. The van der Waals surface area contributed by atoms with Crippen LogP contribution in [0.5, 0.6) is 5.88 Å². The Balaban J connectivity index is 1.65. The zero-order valence-corrected chi connectivity index (χ0v) is 12.3. The lowest BCUT2D eigenvalue weighted by atomic mass is 10.1. The fourth-order valence-electron chi connectivity index (χ4n) is 2.00. The van der Waals surface area contributed by atoms with Crippen molar-refractivity contribution in [3.63, 3.8) is 0 Å². The number of hydrogen-bond acceptors (Lipinski definition) is 4. The Morgan fingerprint density at radius 1 is 1.04 bits per heavy atom. The molecule has 0 saturated heterocycles. The van der Waals surface area contributed by atoms with Crippen LogP contribution < -0.4 is 4.74 Å². The number of rotatable bonds is 6. The number of benzene rings is 1. The minimum absolute atomic E-state index is 0.0281. The molecule has 5 nitrogen and oxygen atoms in total. The number of aromatic nitrogens is 4. The Morgan fingerprint density at radius 3 is 2.48 bits per heavy atom. The lowest BCUT2D eigenvalue weighted by Crippen LogP contribution is -1.99. The third-order valence-electron chi connectivity index (χ3n) is 3.13. The predicted octanol–water partition coefficient (Wildman–Crippen LogP) is 3.18. The molecule has 0 amide bonds. The second-order valence-corrected chi connectivity index (χ2v) is 4.74. The van der Waals surface area contributed by atoms with Crippen LogP contribution in [-0.4, -0.2) is 33.3 Å². The number of nitrogens with zero attached hydrogens (tertiary/aromatic N) is 4. The van der Waals surface area contributed by atoms with Crippen LogP contribution in [0, 0.1) is 0 Å². The minimum atomic E-state index is -0.520. The maximum Gasteiger partial charge on any atom is 0.213 e. The fraction of sp³-hybridized carbons (Fsp3) is 0.118. The second kappa shape index (κ2) is 7.31. The molecule has 0 unspecified atom stereocenters. The van der Waals surface area contributed by atoms with Crippen molar-refractivity contribution in [2.45, 2.75) is 0 Å². The third kappa shape index (κ3) is 4.00. The van der Waals surface area contributed by atoms with Crippen molar-refractivity contribution in [3.05, 3.63) is 66.1 Å². The highest BCUT2D eigenvalue weighted by Gasteiger charge is 1.97. The Labute approximate surface area is 133 Å². The molecule has 0 fully saturated rings. The van der Waals surface area contributed by atoms with Gasteiger partial charge < -0.3 is 4.74 Å². The monoisotopic (exact) mass is 309 g/mol. The summed E-state index contributed by atoms with van der Waals surface area (Å²) in [6.07, 6.45) is 9.07. The first kappa shape index (κ1) is 14.9. The fourth-order valence-corrected chi connectivity index (χ4v) is 2.00. The summed E-state index contributed by atoms with van der Waals surface area (Å²) in [5.74, 6) is 0.428. The third-order valence-corrected chi connectivity index (χ3v) is 3.13. The molecule has 116 valence electrons. The van der Waals surface area contributed by atoms with Gasteiger partial charge in [-0.15, -0.1) is 5.10 Å². The second-order valence-electron chi connectivity index (χ2n) is 4.74. The molecule has 0 aliphatic heterocycles. The van der Waals surface area contributed by atoms with Crippen LogP contribution in [0.15, 0.2) is 55.0 Å².